The lowest BCUT2D eigenvalue weighted by Crippen LogP contribution is -2.54. The molecule has 1 aliphatic heterocycles. The van der Waals surface area contributed by atoms with Crippen LogP contribution in [0.3, 0.4) is 0 Å². The number of anilines is 1. The van der Waals surface area contributed by atoms with Crippen LogP contribution in [-0.2, 0) is 31.6 Å². The molecular weight excluding hydrogens is 503 g/mol. The quantitative estimate of drug-likeness (QED) is 0.176. The number of phosphoric acid groups is 3. The summed E-state index contributed by atoms with van der Waals surface area (Å²) in [6.07, 6.45) is -3.83. The molecular formula is C11H18N5O13P3. The number of nitrogens with zero attached hydrogens (tertiary/aromatic N) is 3. The molecule has 0 radical (unpaired) electrons. The van der Waals surface area contributed by atoms with Gasteiger partial charge in [-0.25, -0.2) is 23.2 Å². The van der Waals surface area contributed by atoms with Crippen LogP contribution in [-0.4, -0.2) is 68.9 Å². The van der Waals surface area contributed by atoms with Gasteiger partial charge in [-0.1, -0.05) is 0 Å². The van der Waals surface area contributed by atoms with E-state index in [1.807, 2.05) is 0 Å². The van der Waals surface area contributed by atoms with E-state index < -0.39 is 54.1 Å². The molecule has 1 fully saturated rings. The minimum Gasteiger partial charge on any atom is -0.387 e. The zero-order valence-corrected chi connectivity index (χ0v) is 18.2. The van der Waals surface area contributed by atoms with E-state index in [9.17, 15) is 28.8 Å². The molecule has 1 aliphatic rings. The number of nitrogen functional groups attached to an aromatic ring is 1. The summed E-state index contributed by atoms with van der Waals surface area (Å²) < 4.78 is 52.1. The van der Waals surface area contributed by atoms with Crippen LogP contribution < -0.4 is 11.5 Å². The molecule has 0 aromatic carbocycles. The number of hydrogen-bond acceptors (Lipinski definition) is 13. The highest BCUT2D eigenvalue weighted by Gasteiger charge is 2.54. The predicted octanol–water partition coefficient (Wildman–Crippen LogP) is -1.90. The lowest BCUT2D eigenvalue weighted by Gasteiger charge is -2.27. The average Bonchev–Trinajstić information content (AvgIpc) is 3.14. The van der Waals surface area contributed by atoms with Gasteiger partial charge in [-0.15, -0.1) is 0 Å². The van der Waals surface area contributed by atoms with E-state index in [1.54, 1.807) is 0 Å². The maximum absolute atomic E-state index is 11.9. The van der Waals surface area contributed by atoms with Crippen LogP contribution in [0.25, 0.3) is 5.52 Å². The number of phosphoric ester groups is 1. The minimum atomic E-state index is -5.75. The average molecular weight is 521 g/mol. The predicted molar refractivity (Wildman–Crippen MR) is 100.0 cm³/mol. The van der Waals surface area contributed by atoms with Gasteiger partial charge < -0.3 is 40.3 Å². The summed E-state index contributed by atoms with van der Waals surface area (Å²) >= 11 is 0. The van der Waals surface area contributed by atoms with E-state index in [1.165, 1.54) is 16.6 Å². The molecule has 32 heavy (non-hydrogen) atoms. The van der Waals surface area contributed by atoms with E-state index in [0.717, 1.165) is 6.33 Å². The van der Waals surface area contributed by atoms with Gasteiger partial charge in [0.15, 0.2) is 11.5 Å². The number of aliphatic hydroxyl groups excluding tert-OH is 2. The molecule has 21 heteroatoms. The molecule has 10 N–H and O–H groups in total. The number of aliphatic hydroxyl groups is 2. The third-order valence-corrected chi connectivity index (χ3v) is 7.94. The van der Waals surface area contributed by atoms with Crippen LogP contribution in [0.2, 0.25) is 0 Å². The number of rotatable bonds is 8. The molecule has 2 aromatic rings. The monoisotopic (exact) mass is 521 g/mol. The van der Waals surface area contributed by atoms with Crippen LogP contribution in [0.1, 0.15) is 11.8 Å². The van der Waals surface area contributed by atoms with Gasteiger partial charge >= 0.3 is 23.5 Å². The summed E-state index contributed by atoms with van der Waals surface area (Å²) in [7, 11) is -16.9. The fraction of sp³-hybridized carbons (Fsp3) is 0.455. The number of hydrogen-bond donors (Lipinski definition) is 8. The maximum Gasteiger partial charge on any atom is 0.490 e. The zero-order chi connectivity index (χ0) is 24.1. The Morgan fingerprint density at radius 1 is 1.12 bits per heavy atom. The van der Waals surface area contributed by atoms with Crippen LogP contribution in [0.4, 0.5) is 5.82 Å². The Labute approximate surface area is 177 Å². The normalized spacial score (nSPS) is 30.3. The van der Waals surface area contributed by atoms with E-state index in [0.29, 0.717) is 5.52 Å². The Kier molecular flexibility index (Phi) is 6.69. The van der Waals surface area contributed by atoms with Gasteiger partial charge in [0.1, 0.15) is 36.8 Å². The van der Waals surface area contributed by atoms with Gasteiger partial charge in [-0.2, -0.15) is 13.7 Å². The standard InChI is InChI=1S/C11H18N5O13P3/c12-10-6-2-1-5(16(6)15-4-14-10)8-7(17)9(18)11(13,27-8)3-26-31(22,23)29-32(24,25)28-30(19,20)21/h1-2,4,7-9,17-18H,3,13H2,(H,22,23)(H,24,25)(H2,12,14,15)(H2,19,20,21)/t7-,8-,9-,11+/m0/s1. The largest absolute Gasteiger partial charge is 0.490 e. The van der Waals surface area contributed by atoms with Crippen molar-refractivity contribution in [1.82, 2.24) is 14.6 Å². The lowest BCUT2D eigenvalue weighted by molar-refractivity contribution is -0.107. The second-order valence-corrected chi connectivity index (χ2v) is 10.9. The molecule has 3 heterocycles. The van der Waals surface area contributed by atoms with Crippen molar-refractivity contribution in [2.24, 2.45) is 5.73 Å². The maximum atomic E-state index is 11.9. The molecule has 6 atom stereocenters. The highest BCUT2D eigenvalue weighted by Crippen LogP contribution is 2.66. The van der Waals surface area contributed by atoms with Crippen LogP contribution in [0, 0.1) is 0 Å². The van der Waals surface area contributed by atoms with Gasteiger partial charge in [0, 0.05) is 0 Å². The number of ether oxygens (including phenoxy) is 1. The SMILES string of the molecule is Nc1ncnn2c([C@@H]3O[C@](N)(COP(=O)(O)OP(=O)(O)OP(=O)(O)O)[C@@H](O)[C@H]3O)ccc12. The second-order valence-electron chi connectivity index (χ2n) is 6.49. The molecule has 2 aromatic heterocycles. The van der Waals surface area contributed by atoms with Gasteiger partial charge in [0.25, 0.3) is 0 Å². The van der Waals surface area contributed by atoms with E-state index in [-0.39, 0.29) is 11.5 Å². The highest BCUT2D eigenvalue weighted by atomic mass is 31.3. The molecule has 0 saturated carbocycles. The Morgan fingerprint density at radius 3 is 2.41 bits per heavy atom. The van der Waals surface area contributed by atoms with E-state index in [2.05, 4.69) is 23.2 Å². The van der Waals surface area contributed by atoms with Gasteiger partial charge in [-0.05, 0) is 12.1 Å². The topological polar surface area (TPSA) is 292 Å². The fourth-order valence-electron chi connectivity index (χ4n) is 2.86. The number of nitrogens with two attached hydrogens (primary N) is 2. The summed E-state index contributed by atoms with van der Waals surface area (Å²) in [6.45, 7) is -1.19. The third-order valence-electron chi connectivity index (χ3n) is 4.15. The first kappa shape index (κ1) is 25.3. The van der Waals surface area contributed by atoms with Crippen molar-refractivity contribution in [2.45, 2.75) is 24.0 Å². The van der Waals surface area contributed by atoms with Crippen LogP contribution >= 0.6 is 23.5 Å². The van der Waals surface area contributed by atoms with Crippen molar-refractivity contribution >= 4 is 34.8 Å². The summed E-state index contributed by atoms with van der Waals surface area (Å²) in [6, 6.07) is 2.94. The summed E-state index contributed by atoms with van der Waals surface area (Å²) in [5.74, 6) is 0.103. The van der Waals surface area contributed by atoms with Gasteiger partial charge in [-0.3, -0.25) is 10.3 Å². The van der Waals surface area contributed by atoms with Crippen molar-refractivity contribution in [3.63, 3.8) is 0 Å². The molecule has 18 nitrogen and oxygen atoms in total. The zero-order valence-electron chi connectivity index (χ0n) is 15.6. The molecule has 0 amide bonds. The van der Waals surface area contributed by atoms with E-state index >= 15 is 0 Å². The van der Waals surface area contributed by atoms with Gasteiger partial charge in [0.05, 0.1) is 5.69 Å². The van der Waals surface area contributed by atoms with E-state index in [4.69, 9.17) is 30.9 Å². The van der Waals surface area contributed by atoms with Crippen molar-refractivity contribution in [2.75, 3.05) is 12.3 Å². The smallest absolute Gasteiger partial charge is 0.387 e. The Hall–Kier alpha value is -1.33. The Bertz CT molecular complexity index is 1150. The molecule has 2 unspecified atom stereocenters. The highest BCUT2D eigenvalue weighted by molar-refractivity contribution is 7.66. The van der Waals surface area contributed by atoms with Crippen molar-refractivity contribution in [3.8, 4) is 0 Å². The van der Waals surface area contributed by atoms with Crippen molar-refractivity contribution < 1.29 is 61.4 Å². The summed E-state index contributed by atoms with van der Waals surface area (Å²) in [5, 5.41) is 24.6. The first-order valence-electron chi connectivity index (χ1n) is 8.23. The van der Waals surface area contributed by atoms with Crippen LogP contribution in [0.5, 0.6) is 0 Å². The number of fused-ring (bicyclic) bond motifs is 1. The fourth-order valence-corrected chi connectivity index (χ4v) is 5.92. The van der Waals surface area contributed by atoms with Gasteiger partial charge in [0.2, 0.25) is 0 Å². The molecule has 180 valence electrons. The molecule has 0 spiro atoms. The van der Waals surface area contributed by atoms with Crippen molar-refractivity contribution in [3.05, 3.63) is 24.2 Å². The first-order chi connectivity index (χ1) is 14.5. The first-order valence-corrected chi connectivity index (χ1v) is 12.7. The van der Waals surface area contributed by atoms with Crippen LogP contribution in [0.15, 0.2) is 18.5 Å². The Balaban J connectivity index is 1.76. The summed E-state index contributed by atoms with van der Waals surface area (Å²) in [4.78, 5) is 39.5. The molecule has 3 rings (SSSR count). The third kappa shape index (κ3) is 5.41. The molecule has 1 saturated heterocycles. The number of aromatic nitrogens is 3. The van der Waals surface area contributed by atoms with Crippen molar-refractivity contribution in [1.29, 1.82) is 0 Å². The Morgan fingerprint density at radius 2 is 1.78 bits per heavy atom. The lowest BCUT2D eigenvalue weighted by atomic mass is 10.0. The molecule has 0 bridgehead atoms. The summed E-state index contributed by atoms with van der Waals surface area (Å²) in [5.41, 5.74) is 9.73. The minimum absolute atomic E-state index is 0.103. The molecule has 0 aliphatic carbocycles. The second kappa shape index (κ2) is 8.47.